The smallest absolute Gasteiger partial charge is 0.223 e. The first kappa shape index (κ1) is 15.6. The van der Waals surface area contributed by atoms with Crippen molar-refractivity contribution in [3.63, 3.8) is 0 Å². The summed E-state index contributed by atoms with van der Waals surface area (Å²) in [6, 6.07) is 6.17. The van der Waals surface area contributed by atoms with Gasteiger partial charge in [0.25, 0.3) is 0 Å². The molecule has 1 aromatic heterocycles. The predicted molar refractivity (Wildman–Crippen MR) is 86.0 cm³/mol. The van der Waals surface area contributed by atoms with Gasteiger partial charge in [0, 0.05) is 43.3 Å². The highest BCUT2D eigenvalue weighted by molar-refractivity contribution is 5.76. The number of rotatable bonds is 3. The van der Waals surface area contributed by atoms with Crippen LogP contribution in [-0.2, 0) is 17.8 Å². The van der Waals surface area contributed by atoms with Gasteiger partial charge in [0.1, 0.15) is 5.82 Å². The van der Waals surface area contributed by atoms with Crippen molar-refractivity contribution in [2.24, 2.45) is 5.92 Å². The van der Waals surface area contributed by atoms with E-state index in [1.165, 1.54) is 12.1 Å². The molecule has 1 aromatic carbocycles. The van der Waals surface area contributed by atoms with Gasteiger partial charge in [0.15, 0.2) is 5.82 Å². The minimum Gasteiger partial charge on any atom is -0.338 e. The van der Waals surface area contributed by atoms with Crippen LogP contribution in [0.25, 0.3) is 11.4 Å². The molecule has 0 bridgehead atoms. The van der Waals surface area contributed by atoms with Crippen molar-refractivity contribution in [2.75, 3.05) is 6.54 Å². The van der Waals surface area contributed by atoms with Crippen LogP contribution in [0.3, 0.4) is 0 Å². The lowest BCUT2D eigenvalue weighted by atomic mass is 10.0. The van der Waals surface area contributed by atoms with Crippen molar-refractivity contribution >= 4 is 5.91 Å². The van der Waals surface area contributed by atoms with Gasteiger partial charge in [-0.05, 0) is 30.2 Å². The Balaban J connectivity index is 1.78. The number of amides is 1. The number of carbonyl (C=O) groups excluding carboxylic acids is 1. The zero-order chi connectivity index (χ0) is 16.4. The minimum absolute atomic E-state index is 0.188. The molecular weight excluding hydrogens is 293 g/mol. The Bertz CT molecular complexity index is 713. The number of nitrogens with zero attached hydrogens (tertiary/aromatic N) is 3. The van der Waals surface area contributed by atoms with E-state index in [2.05, 4.69) is 9.97 Å². The number of aromatic nitrogens is 2. The highest BCUT2D eigenvalue weighted by Gasteiger charge is 2.22. The average Bonchev–Trinajstić information content (AvgIpc) is 2.54. The number of fused-ring (bicyclic) bond motifs is 1. The molecule has 23 heavy (non-hydrogen) atoms. The molecule has 1 amide bonds. The lowest BCUT2D eigenvalue weighted by Crippen LogP contribution is -2.37. The van der Waals surface area contributed by atoms with Gasteiger partial charge in [0.05, 0.1) is 5.69 Å². The second-order valence-electron chi connectivity index (χ2n) is 6.34. The topological polar surface area (TPSA) is 46.1 Å². The van der Waals surface area contributed by atoms with Crippen molar-refractivity contribution in [3.05, 3.63) is 47.5 Å². The Hall–Kier alpha value is -2.30. The summed E-state index contributed by atoms with van der Waals surface area (Å²) in [5, 5.41) is 0. The molecular formula is C18H20FN3O. The van der Waals surface area contributed by atoms with E-state index in [1.54, 1.807) is 18.3 Å². The van der Waals surface area contributed by atoms with Gasteiger partial charge in [-0.3, -0.25) is 4.79 Å². The van der Waals surface area contributed by atoms with Gasteiger partial charge in [-0.2, -0.15) is 0 Å². The average molecular weight is 313 g/mol. The monoisotopic (exact) mass is 313 g/mol. The summed E-state index contributed by atoms with van der Waals surface area (Å²) < 4.78 is 13.0. The maximum atomic E-state index is 13.0. The normalized spacial score (nSPS) is 14.0. The molecule has 1 aliphatic heterocycles. The highest BCUT2D eigenvalue weighted by Crippen LogP contribution is 2.22. The highest BCUT2D eigenvalue weighted by atomic mass is 19.1. The van der Waals surface area contributed by atoms with Crippen molar-refractivity contribution in [2.45, 2.75) is 33.2 Å². The van der Waals surface area contributed by atoms with Crippen LogP contribution in [-0.4, -0.2) is 27.3 Å². The zero-order valence-corrected chi connectivity index (χ0v) is 13.4. The lowest BCUT2D eigenvalue weighted by molar-refractivity contribution is -0.132. The lowest BCUT2D eigenvalue weighted by Gasteiger charge is -2.28. The molecule has 5 heteroatoms. The van der Waals surface area contributed by atoms with E-state index in [4.69, 9.17) is 0 Å². The summed E-state index contributed by atoms with van der Waals surface area (Å²) in [5.41, 5.74) is 2.78. The summed E-state index contributed by atoms with van der Waals surface area (Å²) in [7, 11) is 0. The Morgan fingerprint density at radius 1 is 1.30 bits per heavy atom. The van der Waals surface area contributed by atoms with Gasteiger partial charge in [-0.25, -0.2) is 14.4 Å². The Morgan fingerprint density at radius 2 is 2.04 bits per heavy atom. The minimum atomic E-state index is -0.272. The predicted octanol–water partition coefficient (Wildman–Crippen LogP) is 3.21. The van der Waals surface area contributed by atoms with E-state index >= 15 is 0 Å². The molecule has 0 spiro atoms. The van der Waals surface area contributed by atoms with E-state index in [0.717, 1.165) is 23.2 Å². The van der Waals surface area contributed by atoms with E-state index in [9.17, 15) is 9.18 Å². The third-order valence-electron chi connectivity index (χ3n) is 3.97. The third-order valence-corrected chi connectivity index (χ3v) is 3.97. The maximum absolute atomic E-state index is 13.0. The van der Waals surface area contributed by atoms with Crippen molar-refractivity contribution < 1.29 is 9.18 Å². The van der Waals surface area contributed by atoms with Crippen LogP contribution in [0.2, 0.25) is 0 Å². The molecule has 120 valence electrons. The molecule has 3 rings (SSSR count). The second-order valence-corrected chi connectivity index (χ2v) is 6.34. The summed E-state index contributed by atoms with van der Waals surface area (Å²) >= 11 is 0. The van der Waals surface area contributed by atoms with Gasteiger partial charge in [-0.15, -0.1) is 0 Å². The van der Waals surface area contributed by atoms with Crippen LogP contribution in [0.15, 0.2) is 30.5 Å². The molecule has 4 nitrogen and oxygen atoms in total. The van der Waals surface area contributed by atoms with Crippen LogP contribution < -0.4 is 0 Å². The van der Waals surface area contributed by atoms with Gasteiger partial charge in [0.2, 0.25) is 5.91 Å². The van der Waals surface area contributed by atoms with Crippen molar-refractivity contribution in [1.82, 2.24) is 14.9 Å². The fourth-order valence-electron chi connectivity index (χ4n) is 2.75. The first-order chi connectivity index (χ1) is 11.0. The van der Waals surface area contributed by atoms with Gasteiger partial charge < -0.3 is 4.90 Å². The van der Waals surface area contributed by atoms with Crippen LogP contribution in [0, 0.1) is 11.7 Å². The number of halogens is 1. The summed E-state index contributed by atoms with van der Waals surface area (Å²) in [6.07, 6.45) is 3.09. The molecule has 0 saturated carbocycles. The Labute approximate surface area is 135 Å². The van der Waals surface area contributed by atoms with Crippen LogP contribution >= 0.6 is 0 Å². The van der Waals surface area contributed by atoms with Crippen molar-refractivity contribution in [3.8, 4) is 11.4 Å². The molecule has 0 aliphatic carbocycles. The molecule has 0 saturated heterocycles. The number of hydrogen-bond acceptors (Lipinski definition) is 3. The standard InChI is InChI=1S/C18H20FN3O/c1-12(2)9-17(23)22-8-7-16-14(11-22)10-20-18(21-16)13-3-5-15(19)6-4-13/h3-6,10,12H,7-9,11H2,1-2H3. The van der Waals surface area contributed by atoms with Crippen LogP contribution in [0.4, 0.5) is 4.39 Å². The molecule has 0 fully saturated rings. The SMILES string of the molecule is CC(C)CC(=O)N1CCc2nc(-c3ccc(F)cc3)ncc2C1. The largest absolute Gasteiger partial charge is 0.338 e. The number of carbonyl (C=O) groups is 1. The Kier molecular flexibility index (Phi) is 4.37. The van der Waals surface area contributed by atoms with E-state index in [1.807, 2.05) is 18.7 Å². The number of hydrogen-bond donors (Lipinski definition) is 0. The molecule has 0 unspecified atom stereocenters. The fraction of sp³-hybridized carbons (Fsp3) is 0.389. The third kappa shape index (κ3) is 3.55. The Morgan fingerprint density at radius 3 is 2.74 bits per heavy atom. The molecule has 2 heterocycles. The molecule has 2 aromatic rings. The summed E-state index contributed by atoms with van der Waals surface area (Å²) in [4.78, 5) is 23.0. The van der Waals surface area contributed by atoms with Crippen LogP contribution in [0.1, 0.15) is 31.5 Å². The molecule has 1 aliphatic rings. The quantitative estimate of drug-likeness (QED) is 0.874. The molecule has 0 radical (unpaired) electrons. The molecule has 0 atom stereocenters. The fourth-order valence-corrected chi connectivity index (χ4v) is 2.75. The number of benzene rings is 1. The summed E-state index contributed by atoms with van der Waals surface area (Å²) in [6.45, 7) is 5.37. The van der Waals surface area contributed by atoms with Gasteiger partial charge in [-0.1, -0.05) is 13.8 Å². The van der Waals surface area contributed by atoms with E-state index in [0.29, 0.717) is 31.3 Å². The summed E-state index contributed by atoms with van der Waals surface area (Å²) in [5.74, 6) is 0.881. The van der Waals surface area contributed by atoms with E-state index in [-0.39, 0.29) is 11.7 Å². The first-order valence-corrected chi connectivity index (χ1v) is 7.91. The second kappa shape index (κ2) is 6.44. The molecule has 0 N–H and O–H groups in total. The van der Waals surface area contributed by atoms with E-state index < -0.39 is 0 Å². The van der Waals surface area contributed by atoms with Crippen LogP contribution in [0.5, 0.6) is 0 Å². The maximum Gasteiger partial charge on any atom is 0.223 e. The van der Waals surface area contributed by atoms with Crippen molar-refractivity contribution in [1.29, 1.82) is 0 Å². The van der Waals surface area contributed by atoms with Gasteiger partial charge >= 0.3 is 0 Å². The first-order valence-electron chi connectivity index (χ1n) is 7.91. The zero-order valence-electron chi connectivity index (χ0n) is 13.4.